The van der Waals surface area contributed by atoms with Gasteiger partial charge in [0.25, 0.3) is 0 Å². The predicted octanol–water partition coefficient (Wildman–Crippen LogP) is 6.05. The van der Waals surface area contributed by atoms with E-state index in [2.05, 4.69) is 24.3 Å². The first-order valence-electron chi connectivity index (χ1n) is 9.87. The van der Waals surface area contributed by atoms with Crippen LogP contribution in [0.25, 0.3) is 39.3 Å². The number of hydrogen-bond acceptors (Lipinski definition) is 3. The van der Waals surface area contributed by atoms with Gasteiger partial charge in [-0.05, 0) is 36.4 Å². The Hall–Kier alpha value is -4.67. The Morgan fingerprint density at radius 3 is 1.77 bits per heavy atom. The van der Waals surface area contributed by atoms with Gasteiger partial charge in [0.15, 0.2) is 0 Å². The monoisotopic (exact) mass is 396 g/mol. The van der Waals surface area contributed by atoms with Crippen molar-refractivity contribution >= 4 is 0 Å². The van der Waals surface area contributed by atoms with Crippen molar-refractivity contribution < 1.29 is 0 Å². The summed E-state index contributed by atoms with van der Waals surface area (Å²) in [5.41, 5.74) is 8.05. The lowest BCUT2D eigenvalue weighted by atomic mass is 9.97. The Bertz CT molecular complexity index is 1410. The molecule has 1 aliphatic carbocycles. The van der Waals surface area contributed by atoms with E-state index in [-0.39, 0.29) is 0 Å². The lowest BCUT2D eigenvalue weighted by molar-refractivity contribution is 0.860. The second-order valence-electron chi connectivity index (χ2n) is 7.18. The minimum atomic E-state index is 0.618. The standard InChI is InChI=1S/C27H16N4/c28-17-19-9-13-21(14-10-19)26-24-7-4-8-25(24)27(22-15-11-20(18-29)12-16-22)31(30-26)23-5-2-1-3-6-23/h1-16H. The van der Waals surface area contributed by atoms with Crippen LogP contribution in [0.15, 0.2) is 97.1 Å². The highest BCUT2D eigenvalue weighted by atomic mass is 15.3. The van der Waals surface area contributed by atoms with Gasteiger partial charge < -0.3 is 0 Å². The van der Waals surface area contributed by atoms with Crippen molar-refractivity contribution in [3.8, 4) is 51.5 Å². The Kier molecular flexibility index (Phi) is 4.52. The molecule has 0 saturated heterocycles. The molecule has 0 radical (unpaired) electrons. The predicted molar refractivity (Wildman–Crippen MR) is 120 cm³/mol. The highest BCUT2D eigenvalue weighted by Gasteiger charge is 2.21. The van der Waals surface area contributed by atoms with Crippen molar-refractivity contribution in [3.63, 3.8) is 0 Å². The highest BCUT2D eigenvalue weighted by molar-refractivity contribution is 5.91. The van der Waals surface area contributed by atoms with Crippen molar-refractivity contribution in [2.75, 3.05) is 0 Å². The van der Waals surface area contributed by atoms with Crippen LogP contribution in [0.5, 0.6) is 0 Å². The number of nitriles is 2. The lowest BCUT2D eigenvalue weighted by Gasteiger charge is -2.20. The minimum absolute atomic E-state index is 0.618. The largest absolute Gasteiger partial charge is 0.232 e. The lowest BCUT2D eigenvalue weighted by Crippen LogP contribution is -2.09. The number of rotatable bonds is 3. The van der Waals surface area contributed by atoms with Crippen LogP contribution in [0, 0.1) is 22.7 Å². The Labute approximate surface area is 180 Å². The van der Waals surface area contributed by atoms with Crippen LogP contribution >= 0.6 is 0 Å². The molecule has 0 atom stereocenters. The molecule has 0 aromatic heterocycles. The molecule has 0 N–H and O–H groups in total. The van der Waals surface area contributed by atoms with Gasteiger partial charge >= 0.3 is 0 Å². The fraction of sp³-hybridized carbons (Fsp3) is 0. The molecule has 0 unspecified atom stereocenters. The van der Waals surface area contributed by atoms with Crippen LogP contribution in [0.1, 0.15) is 11.1 Å². The first-order chi connectivity index (χ1) is 15.3. The molecule has 5 rings (SSSR count). The topological polar surface area (TPSA) is 65.4 Å². The molecule has 4 nitrogen and oxygen atoms in total. The summed E-state index contributed by atoms with van der Waals surface area (Å²) in [4.78, 5) is 0. The third-order valence-electron chi connectivity index (χ3n) is 5.31. The fourth-order valence-electron chi connectivity index (χ4n) is 3.80. The first kappa shape index (κ1) is 18.4. The smallest absolute Gasteiger partial charge is 0.0991 e. The van der Waals surface area contributed by atoms with Crippen LogP contribution in [0.3, 0.4) is 0 Å². The number of nitrogens with zero attached hydrogens (tertiary/aromatic N) is 4. The van der Waals surface area contributed by atoms with Crippen LogP contribution in [0.2, 0.25) is 0 Å². The van der Waals surface area contributed by atoms with E-state index in [1.54, 1.807) is 0 Å². The summed E-state index contributed by atoms with van der Waals surface area (Å²) in [5, 5.41) is 23.4. The van der Waals surface area contributed by atoms with E-state index >= 15 is 0 Å². The van der Waals surface area contributed by atoms with E-state index in [4.69, 9.17) is 10.4 Å². The van der Waals surface area contributed by atoms with Crippen molar-refractivity contribution in [2.24, 2.45) is 0 Å². The van der Waals surface area contributed by atoms with Crippen molar-refractivity contribution in [1.29, 1.82) is 10.5 Å². The van der Waals surface area contributed by atoms with Crippen LogP contribution in [-0.4, -0.2) is 9.78 Å². The molecular weight excluding hydrogens is 380 g/mol. The highest BCUT2D eigenvalue weighted by Crippen LogP contribution is 2.40. The molecule has 3 aromatic carbocycles. The van der Waals surface area contributed by atoms with E-state index in [0.29, 0.717) is 11.1 Å². The maximum Gasteiger partial charge on any atom is 0.0991 e. The average Bonchev–Trinajstić information content (AvgIpc) is 3.33. The molecule has 144 valence electrons. The van der Waals surface area contributed by atoms with Crippen LogP contribution in [-0.2, 0) is 0 Å². The molecule has 0 amide bonds. The molecule has 0 fully saturated rings. The third-order valence-corrected chi connectivity index (χ3v) is 5.31. The summed E-state index contributed by atoms with van der Waals surface area (Å²) >= 11 is 0. The Morgan fingerprint density at radius 1 is 0.581 bits per heavy atom. The third kappa shape index (κ3) is 3.23. The quantitative estimate of drug-likeness (QED) is 0.373. The van der Waals surface area contributed by atoms with Gasteiger partial charge in [-0.25, -0.2) is 4.68 Å². The molecule has 1 heterocycles. The van der Waals surface area contributed by atoms with E-state index < -0.39 is 0 Å². The van der Waals surface area contributed by atoms with Gasteiger partial charge in [-0.1, -0.05) is 60.7 Å². The number of para-hydroxylation sites is 1. The summed E-state index contributed by atoms with van der Waals surface area (Å²) in [6.45, 7) is 0. The molecular formula is C27H16N4. The van der Waals surface area contributed by atoms with Gasteiger partial charge in [0, 0.05) is 22.3 Å². The number of benzene rings is 3. The Balaban J connectivity index is 1.81. The van der Waals surface area contributed by atoms with Crippen molar-refractivity contribution in [3.05, 3.63) is 108 Å². The molecule has 3 aromatic rings. The number of fused-ring (bicyclic) bond motifs is 1. The van der Waals surface area contributed by atoms with Gasteiger partial charge in [-0.15, -0.1) is 0 Å². The van der Waals surface area contributed by atoms with Crippen molar-refractivity contribution in [2.45, 2.75) is 0 Å². The van der Waals surface area contributed by atoms with E-state index in [1.165, 1.54) is 0 Å². The molecule has 0 bridgehead atoms. The zero-order valence-corrected chi connectivity index (χ0v) is 16.5. The average molecular weight is 396 g/mol. The maximum absolute atomic E-state index is 9.18. The van der Waals surface area contributed by atoms with Crippen molar-refractivity contribution in [1.82, 2.24) is 9.78 Å². The minimum Gasteiger partial charge on any atom is -0.232 e. The zero-order valence-electron chi connectivity index (χ0n) is 16.5. The Morgan fingerprint density at radius 2 is 1.16 bits per heavy atom. The van der Waals surface area contributed by atoms with E-state index in [0.717, 1.165) is 39.3 Å². The zero-order chi connectivity index (χ0) is 21.2. The maximum atomic E-state index is 9.18. The first-order valence-corrected chi connectivity index (χ1v) is 9.87. The summed E-state index contributed by atoms with van der Waals surface area (Å²) in [7, 11) is 0. The van der Waals surface area contributed by atoms with Gasteiger partial charge in [-0.2, -0.15) is 15.6 Å². The molecule has 4 heteroatoms. The molecule has 1 aliphatic heterocycles. The second kappa shape index (κ2) is 7.63. The van der Waals surface area contributed by atoms with Gasteiger partial charge in [-0.3, -0.25) is 0 Å². The summed E-state index contributed by atoms with van der Waals surface area (Å²) < 4.78 is 1.96. The van der Waals surface area contributed by atoms with Gasteiger partial charge in [0.05, 0.1) is 40.3 Å². The van der Waals surface area contributed by atoms with Gasteiger partial charge in [0.1, 0.15) is 0 Å². The van der Waals surface area contributed by atoms with Crippen LogP contribution in [0.4, 0.5) is 0 Å². The van der Waals surface area contributed by atoms with E-state index in [9.17, 15) is 5.26 Å². The number of hydrogen-bond donors (Lipinski definition) is 0. The molecule has 2 aliphatic rings. The second-order valence-corrected chi connectivity index (χ2v) is 7.18. The molecule has 0 saturated carbocycles. The summed E-state index contributed by atoms with van der Waals surface area (Å²) in [6, 6.07) is 35.6. The fourth-order valence-corrected chi connectivity index (χ4v) is 3.80. The van der Waals surface area contributed by atoms with Gasteiger partial charge in [0.2, 0.25) is 0 Å². The summed E-state index contributed by atoms with van der Waals surface area (Å²) in [5.74, 6) is 0. The van der Waals surface area contributed by atoms with E-state index in [1.807, 2.05) is 89.6 Å². The summed E-state index contributed by atoms with van der Waals surface area (Å²) in [6.07, 6.45) is 0. The SMILES string of the molecule is N#Cc1ccc(-c2nn(-c3ccccc3)c(-c3ccc(C#N)cc3)c3cccc2-3)cc1. The normalized spacial score (nSPS) is 10.5. The number of aromatic nitrogens is 2. The molecule has 0 spiro atoms. The van der Waals surface area contributed by atoms with Crippen LogP contribution < -0.4 is 0 Å². The molecule has 31 heavy (non-hydrogen) atoms.